The van der Waals surface area contributed by atoms with Gasteiger partial charge < -0.3 is 5.32 Å². The average Bonchev–Trinajstić information content (AvgIpc) is 2.71. The molecule has 1 saturated carbocycles. The van der Waals surface area contributed by atoms with E-state index in [-0.39, 0.29) is 0 Å². The molecule has 1 aromatic heterocycles. The largest absolute Gasteiger partial charge is 0.382 e. The second kappa shape index (κ2) is 4.16. The molecule has 1 heterocycles. The fraction of sp³-hybridized carbons (Fsp3) is 0.417. The van der Waals surface area contributed by atoms with Crippen molar-refractivity contribution in [2.75, 3.05) is 5.32 Å². The molecule has 17 heavy (non-hydrogen) atoms. The molecule has 1 aliphatic rings. The third kappa shape index (κ3) is 2.00. The lowest BCUT2D eigenvalue weighted by Gasteiger charge is -2.27. The topological polar surface area (TPSA) is 55.6 Å². The molecule has 0 atom stereocenters. The van der Waals surface area contributed by atoms with E-state index in [1.807, 2.05) is 19.2 Å². The predicted octanol–water partition coefficient (Wildman–Crippen LogP) is 1.84. The van der Waals surface area contributed by atoms with Crippen LogP contribution >= 0.6 is 0 Å². The molecule has 0 spiro atoms. The number of tetrazole rings is 1. The van der Waals surface area contributed by atoms with Crippen molar-refractivity contribution in [2.45, 2.75) is 25.3 Å². The Labute approximate surface area is 99.8 Å². The van der Waals surface area contributed by atoms with Crippen molar-refractivity contribution in [3.8, 4) is 11.4 Å². The van der Waals surface area contributed by atoms with Crippen LogP contribution < -0.4 is 5.32 Å². The van der Waals surface area contributed by atoms with Gasteiger partial charge in [-0.3, -0.25) is 0 Å². The zero-order valence-corrected chi connectivity index (χ0v) is 9.80. The normalized spacial score (nSPS) is 15.6. The van der Waals surface area contributed by atoms with Crippen LogP contribution in [0.3, 0.4) is 0 Å². The maximum absolute atomic E-state index is 4.01. The molecule has 5 heteroatoms. The fourth-order valence-corrected chi connectivity index (χ4v) is 2.01. The third-order valence-electron chi connectivity index (χ3n) is 3.22. The SMILES string of the molecule is Cn1nnnc1-c1cccc(NC2CCC2)c1. The second-order valence-corrected chi connectivity index (χ2v) is 4.48. The zero-order valence-electron chi connectivity index (χ0n) is 9.80. The number of rotatable bonds is 3. The second-order valence-electron chi connectivity index (χ2n) is 4.48. The van der Waals surface area contributed by atoms with Crippen molar-refractivity contribution in [3.63, 3.8) is 0 Å². The molecule has 5 nitrogen and oxygen atoms in total. The fourth-order valence-electron chi connectivity index (χ4n) is 2.01. The quantitative estimate of drug-likeness (QED) is 0.872. The van der Waals surface area contributed by atoms with Crippen molar-refractivity contribution < 1.29 is 0 Å². The van der Waals surface area contributed by atoms with Gasteiger partial charge in [-0.05, 0) is 41.8 Å². The van der Waals surface area contributed by atoms with E-state index in [0.29, 0.717) is 6.04 Å². The number of hydrogen-bond acceptors (Lipinski definition) is 4. The molecule has 88 valence electrons. The highest BCUT2D eigenvalue weighted by molar-refractivity contribution is 5.62. The van der Waals surface area contributed by atoms with Gasteiger partial charge >= 0.3 is 0 Å². The molecule has 0 saturated heterocycles. The summed E-state index contributed by atoms with van der Waals surface area (Å²) in [6, 6.07) is 8.89. The van der Waals surface area contributed by atoms with Crippen LogP contribution in [0, 0.1) is 0 Å². The van der Waals surface area contributed by atoms with E-state index in [4.69, 9.17) is 0 Å². The number of aryl methyl sites for hydroxylation is 1. The van der Waals surface area contributed by atoms with Gasteiger partial charge in [-0.25, -0.2) is 4.68 Å². The lowest BCUT2D eigenvalue weighted by Crippen LogP contribution is -2.26. The van der Waals surface area contributed by atoms with E-state index in [0.717, 1.165) is 17.1 Å². The van der Waals surface area contributed by atoms with Crippen molar-refractivity contribution in [2.24, 2.45) is 7.05 Å². The Morgan fingerprint density at radius 1 is 1.35 bits per heavy atom. The maximum Gasteiger partial charge on any atom is 0.181 e. The molecule has 1 aliphatic carbocycles. The van der Waals surface area contributed by atoms with Crippen LogP contribution in [-0.4, -0.2) is 26.2 Å². The molecule has 1 aromatic carbocycles. The third-order valence-corrected chi connectivity index (χ3v) is 3.22. The predicted molar refractivity (Wildman–Crippen MR) is 65.5 cm³/mol. The van der Waals surface area contributed by atoms with Crippen LogP contribution in [0.1, 0.15) is 19.3 Å². The van der Waals surface area contributed by atoms with E-state index in [9.17, 15) is 0 Å². The summed E-state index contributed by atoms with van der Waals surface area (Å²) in [6.45, 7) is 0. The number of aromatic nitrogens is 4. The Balaban J connectivity index is 1.85. The molecule has 0 bridgehead atoms. The van der Waals surface area contributed by atoms with Gasteiger partial charge in [-0.15, -0.1) is 5.10 Å². The van der Waals surface area contributed by atoms with Crippen LogP contribution in [-0.2, 0) is 7.05 Å². The molecule has 0 unspecified atom stereocenters. The van der Waals surface area contributed by atoms with E-state index in [2.05, 4.69) is 33.0 Å². The van der Waals surface area contributed by atoms with Gasteiger partial charge in [0.2, 0.25) is 0 Å². The smallest absolute Gasteiger partial charge is 0.181 e. The van der Waals surface area contributed by atoms with Crippen molar-refractivity contribution in [1.29, 1.82) is 0 Å². The number of anilines is 1. The first-order valence-electron chi connectivity index (χ1n) is 5.92. The number of benzene rings is 1. The van der Waals surface area contributed by atoms with E-state index in [1.54, 1.807) is 4.68 Å². The van der Waals surface area contributed by atoms with Gasteiger partial charge in [-0.1, -0.05) is 12.1 Å². The molecular formula is C12H15N5. The molecule has 0 aliphatic heterocycles. The van der Waals surface area contributed by atoms with E-state index >= 15 is 0 Å². The summed E-state index contributed by atoms with van der Waals surface area (Å²) in [5.41, 5.74) is 2.19. The lowest BCUT2D eigenvalue weighted by molar-refractivity contribution is 0.445. The molecule has 2 aromatic rings. The molecule has 1 fully saturated rings. The summed E-state index contributed by atoms with van der Waals surface area (Å²) in [7, 11) is 1.85. The molecule has 0 amide bonds. The Morgan fingerprint density at radius 3 is 2.88 bits per heavy atom. The number of hydrogen-bond donors (Lipinski definition) is 1. The summed E-state index contributed by atoms with van der Waals surface area (Å²) >= 11 is 0. The first-order chi connectivity index (χ1) is 8.33. The van der Waals surface area contributed by atoms with Crippen LogP contribution in [0.5, 0.6) is 0 Å². The Bertz CT molecular complexity index is 515. The summed E-state index contributed by atoms with van der Waals surface area (Å²) in [4.78, 5) is 0. The first kappa shape index (κ1) is 10.3. The summed E-state index contributed by atoms with van der Waals surface area (Å²) < 4.78 is 1.68. The van der Waals surface area contributed by atoms with Crippen LogP contribution in [0.15, 0.2) is 24.3 Å². The van der Waals surface area contributed by atoms with Crippen LogP contribution in [0.4, 0.5) is 5.69 Å². The summed E-state index contributed by atoms with van der Waals surface area (Å²) in [6.07, 6.45) is 3.88. The monoisotopic (exact) mass is 229 g/mol. The highest BCUT2D eigenvalue weighted by Crippen LogP contribution is 2.25. The van der Waals surface area contributed by atoms with Crippen molar-refractivity contribution >= 4 is 5.69 Å². The minimum absolute atomic E-state index is 0.642. The maximum atomic E-state index is 4.01. The number of nitrogens with one attached hydrogen (secondary N) is 1. The Morgan fingerprint density at radius 2 is 2.24 bits per heavy atom. The van der Waals surface area contributed by atoms with Crippen molar-refractivity contribution in [1.82, 2.24) is 20.2 Å². The highest BCUT2D eigenvalue weighted by atomic mass is 15.5. The minimum atomic E-state index is 0.642. The van der Waals surface area contributed by atoms with Gasteiger partial charge in [0.05, 0.1) is 0 Å². The van der Waals surface area contributed by atoms with Gasteiger partial charge in [0.15, 0.2) is 5.82 Å². The van der Waals surface area contributed by atoms with Crippen LogP contribution in [0.25, 0.3) is 11.4 Å². The Kier molecular flexibility index (Phi) is 2.51. The van der Waals surface area contributed by atoms with Gasteiger partial charge in [0.25, 0.3) is 0 Å². The molecule has 3 rings (SSSR count). The first-order valence-corrected chi connectivity index (χ1v) is 5.92. The molecule has 1 N–H and O–H groups in total. The Hall–Kier alpha value is -1.91. The van der Waals surface area contributed by atoms with E-state index in [1.165, 1.54) is 19.3 Å². The highest BCUT2D eigenvalue weighted by Gasteiger charge is 2.17. The van der Waals surface area contributed by atoms with Crippen molar-refractivity contribution in [3.05, 3.63) is 24.3 Å². The number of nitrogens with zero attached hydrogens (tertiary/aromatic N) is 4. The summed E-state index contributed by atoms with van der Waals surface area (Å²) in [5.74, 6) is 0.794. The molecular weight excluding hydrogens is 214 g/mol. The zero-order chi connectivity index (χ0) is 11.7. The van der Waals surface area contributed by atoms with E-state index < -0.39 is 0 Å². The average molecular weight is 229 g/mol. The van der Waals surface area contributed by atoms with Gasteiger partial charge in [0.1, 0.15) is 0 Å². The van der Waals surface area contributed by atoms with Crippen LogP contribution in [0.2, 0.25) is 0 Å². The summed E-state index contributed by atoms with van der Waals surface area (Å²) in [5, 5.41) is 15.0. The molecule has 0 radical (unpaired) electrons. The standard InChI is InChI=1S/C12H15N5/c1-17-12(14-15-16-17)9-4-2-7-11(8-9)13-10-5-3-6-10/h2,4,7-8,10,13H,3,5-6H2,1H3. The minimum Gasteiger partial charge on any atom is -0.382 e. The lowest BCUT2D eigenvalue weighted by atomic mass is 9.93. The van der Waals surface area contributed by atoms with Gasteiger partial charge in [-0.2, -0.15) is 0 Å². The van der Waals surface area contributed by atoms with Gasteiger partial charge in [0, 0.05) is 24.3 Å².